The summed E-state index contributed by atoms with van der Waals surface area (Å²) in [7, 11) is 0. The Balaban J connectivity index is 2.05. The second-order valence-corrected chi connectivity index (χ2v) is 4.19. The third-order valence-electron chi connectivity index (χ3n) is 2.59. The molecule has 0 saturated heterocycles. The molecule has 4 heteroatoms. The van der Waals surface area contributed by atoms with Crippen LogP contribution in [-0.4, -0.2) is 18.4 Å². The molecule has 0 atom stereocenters. The Kier molecular flexibility index (Phi) is 6.54. The molecule has 98 valence electrons. The first-order chi connectivity index (χ1) is 8.68. The number of carbonyl (C=O) groups is 2. The lowest BCUT2D eigenvalue weighted by Crippen LogP contribution is -2.26. The normalized spacial score (nSPS) is 10.0. The van der Waals surface area contributed by atoms with Crippen LogP contribution in [0.3, 0.4) is 0 Å². The van der Waals surface area contributed by atoms with Crippen LogP contribution in [0.25, 0.3) is 0 Å². The molecule has 0 bridgehead atoms. The number of unbranched alkanes of at least 4 members (excludes halogenated alkanes) is 2. The molecule has 0 unspecified atom stereocenters. The van der Waals surface area contributed by atoms with Gasteiger partial charge in [-0.15, -0.1) is 0 Å². The van der Waals surface area contributed by atoms with Crippen molar-refractivity contribution in [2.45, 2.75) is 32.1 Å². The van der Waals surface area contributed by atoms with Crippen molar-refractivity contribution >= 4 is 11.9 Å². The summed E-state index contributed by atoms with van der Waals surface area (Å²) >= 11 is 0. The van der Waals surface area contributed by atoms with Crippen LogP contribution < -0.4 is 10.4 Å². The molecular weight excluding hydrogens is 230 g/mol. The van der Waals surface area contributed by atoms with Gasteiger partial charge < -0.3 is 15.2 Å². The van der Waals surface area contributed by atoms with Crippen LogP contribution >= 0.6 is 0 Å². The Morgan fingerprint density at radius 3 is 2.44 bits per heavy atom. The maximum Gasteiger partial charge on any atom is 0.224 e. The summed E-state index contributed by atoms with van der Waals surface area (Å²) < 4.78 is 0. The molecule has 0 aliphatic carbocycles. The summed E-state index contributed by atoms with van der Waals surface area (Å²) in [6.45, 7) is 0.596. The molecule has 1 aromatic rings. The number of benzene rings is 1. The fourth-order valence-corrected chi connectivity index (χ4v) is 1.64. The number of carbonyl (C=O) groups excluding carboxylic acids is 2. The van der Waals surface area contributed by atoms with Crippen molar-refractivity contribution in [3.63, 3.8) is 0 Å². The van der Waals surface area contributed by atoms with E-state index in [4.69, 9.17) is 0 Å². The van der Waals surface area contributed by atoms with Crippen LogP contribution in [0.2, 0.25) is 0 Å². The first kappa shape index (κ1) is 14.2. The minimum absolute atomic E-state index is 0.00102. The number of hydrogen-bond donors (Lipinski definition) is 1. The highest BCUT2D eigenvalue weighted by atomic mass is 16.4. The molecule has 0 aromatic heterocycles. The minimum Gasteiger partial charge on any atom is -0.550 e. The van der Waals surface area contributed by atoms with Gasteiger partial charge in [0.25, 0.3) is 0 Å². The van der Waals surface area contributed by atoms with Gasteiger partial charge in [0, 0.05) is 12.5 Å². The van der Waals surface area contributed by atoms with Gasteiger partial charge >= 0.3 is 0 Å². The number of nitrogens with one attached hydrogen (secondary N) is 1. The fourth-order valence-electron chi connectivity index (χ4n) is 1.64. The van der Waals surface area contributed by atoms with E-state index in [1.165, 1.54) is 0 Å². The van der Waals surface area contributed by atoms with E-state index in [1.54, 1.807) is 0 Å². The summed E-state index contributed by atoms with van der Waals surface area (Å²) in [6, 6.07) is 9.56. The van der Waals surface area contributed by atoms with Gasteiger partial charge in [-0.1, -0.05) is 36.8 Å². The Hall–Kier alpha value is -1.84. The first-order valence-electron chi connectivity index (χ1n) is 6.19. The monoisotopic (exact) mass is 248 g/mol. The SMILES string of the molecule is O=C([O-])CCCCCNC(=O)Cc1ccccc1. The number of carboxylic acids is 1. The van der Waals surface area contributed by atoms with Gasteiger partial charge in [0.05, 0.1) is 6.42 Å². The third kappa shape index (κ3) is 6.68. The largest absolute Gasteiger partial charge is 0.550 e. The smallest absolute Gasteiger partial charge is 0.224 e. The molecule has 1 rings (SSSR count). The molecule has 0 radical (unpaired) electrons. The van der Waals surface area contributed by atoms with Gasteiger partial charge in [-0.3, -0.25) is 4.79 Å². The number of amides is 1. The summed E-state index contributed by atoms with van der Waals surface area (Å²) in [6.07, 6.45) is 2.68. The van der Waals surface area contributed by atoms with Gasteiger partial charge in [0.15, 0.2) is 0 Å². The van der Waals surface area contributed by atoms with Gasteiger partial charge in [0.1, 0.15) is 0 Å². The maximum atomic E-state index is 11.5. The standard InChI is InChI=1S/C14H19NO3/c16-13(11-12-7-3-1-4-8-12)15-10-6-2-5-9-14(17)18/h1,3-4,7-8H,2,5-6,9-11H2,(H,15,16)(H,17,18)/p-1. The van der Waals surface area contributed by atoms with Gasteiger partial charge in [-0.2, -0.15) is 0 Å². The number of aliphatic carboxylic acids is 1. The van der Waals surface area contributed by atoms with Crippen LogP contribution in [0.5, 0.6) is 0 Å². The minimum atomic E-state index is -1.01. The molecule has 1 N–H and O–H groups in total. The summed E-state index contributed by atoms with van der Waals surface area (Å²) in [4.78, 5) is 21.7. The molecule has 0 saturated carbocycles. The Labute approximate surface area is 107 Å². The van der Waals surface area contributed by atoms with Crippen molar-refractivity contribution in [2.24, 2.45) is 0 Å². The molecule has 1 aromatic carbocycles. The predicted octanol–water partition coefficient (Wildman–Crippen LogP) is 0.656. The molecule has 18 heavy (non-hydrogen) atoms. The number of hydrogen-bond acceptors (Lipinski definition) is 3. The Morgan fingerprint density at radius 2 is 1.78 bits per heavy atom. The molecular formula is C14H18NO3-. The zero-order valence-electron chi connectivity index (χ0n) is 10.4. The zero-order valence-corrected chi connectivity index (χ0v) is 10.4. The fraction of sp³-hybridized carbons (Fsp3) is 0.429. The Morgan fingerprint density at radius 1 is 1.06 bits per heavy atom. The van der Waals surface area contributed by atoms with Gasteiger partial charge in [-0.05, 0) is 24.8 Å². The van der Waals surface area contributed by atoms with Crippen molar-refractivity contribution < 1.29 is 14.7 Å². The molecule has 0 fully saturated rings. The van der Waals surface area contributed by atoms with Crippen LogP contribution in [0, 0.1) is 0 Å². The highest BCUT2D eigenvalue weighted by Crippen LogP contribution is 2.00. The topological polar surface area (TPSA) is 69.2 Å². The second-order valence-electron chi connectivity index (χ2n) is 4.19. The highest BCUT2D eigenvalue weighted by molar-refractivity contribution is 5.78. The van der Waals surface area contributed by atoms with Crippen molar-refractivity contribution in [3.05, 3.63) is 35.9 Å². The number of carboxylic acid groups (broad SMARTS) is 1. The summed E-state index contributed by atoms with van der Waals surface area (Å²) in [5, 5.41) is 13.0. The van der Waals surface area contributed by atoms with Gasteiger partial charge in [-0.25, -0.2) is 0 Å². The third-order valence-corrected chi connectivity index (χ3v) is 2.59. The molecule has 1 amide bonds. The number of rotatable bonds is 8. The molecule has 0 spiro atoms. The van der Waals surface area contributed by atoms with Crippen molar-refractivity contribution in [1.82, 2.24) is 5.32 Å². The van der Waals surface area contributed by atoms with Crippen molar-refractivity contribution in [1.29, 1.82) is 0 Å². The Bertz CT molecular complexity index is 376. The van der Waals surface area contributed by atoms with E-state index in [0.717, 1.165) is 18.4 Å². The van der Waals surface area contributed by atoms with Crippen LogP contribution in [-0.2, 0) is 16.0 Å². The van der Waals surface area contributed by atoms with E-state index in [0.29, 0.717) is 19.4 Å². The van der Waals surface area contributed by atoms with E-state index in [2.05, 4.69) is 5.32 Å². The average Bonchev–Trinajstić information content (AvgIpc) is 2.34. The van der Waals surface area contributed by atoms with Crippen molar-refractivity contribution in [2.75, 3.05) is 6.54 Å². The quantitative estimate of drug-likeness (QED) is 0.687. The van der Waals surface area contributed by atoms with E-state index < -0.39 is 5.97 Å². The average molecular weight is 248 g/mol. The zero-order chi connectivity index (χ0) is 13.2. The summed E-state index contributed by atoms with van der Waals surface area (Å²) in [5.41, 5.74) is 0.993. The lowest BCUT2D eigenvalue weighted by Gasteiger charge is -2.05. The predicted molar refractivity (Wildman–Crippen MR) is 66.6 cm³/mol. The van der Waals surface area contributed by atoms with E-state index >= 15 is 0 Å². The highest BCUT2D eigenvalue weighted by Gasteiger charge is 2.01. The van der Waals surface area contributed by atoms with E-state index in [1.807, 2.05) is 30.3 Å². The van der Waals surface area contributed by atoms with Crippen LogP contribution in [0.15, 0.2) is 30.3 Å². The molecule has 0 aliphatic heterocycles. The summed E-state index contributed by atoms with van der Waals surface area (Å²) in [5.74, 6) is -1.01. The first-order valence-corrected chi connectivity index (χ1v) is 6.19. The van der Waals surface area contributed by atoms with E-state index in [-0.39, 0.29) is 12.3 Å². The van der Waals surface area contributed by atoms with E-state index in [9.17, 15) is 14.7 Å². The second kappa shape index (κ2) is 8.28. The maximum absolute atomic E-state index is 11.5. The molecule has 4 nitrogen and oxygen atoms in total. The molecule has 0 heterocycles. The van der Waals surface area contributed by atoms with Crippen LogP contribution in [0.1, 0.15) is 31.2 Å². The lowest BCUT2D eigenvalue weighted by molar-refractivity contribution is -0.305. The van der Waals surface area contributed by atoms with Crippen molar-refractivity contribution in [3.8, 4) is 0 Å². The van der Waals surface area contributed by atoms with Crippen LogP contribution in [0.4, 0.5) is 0 Å². The van der Waals surface area contributed by atoms with Gasteiger partial charge in [0.2, 0.25) is 5.91 Å². The molecule has 0 aliphatic rings. The lowest BCUT2D eigenvalue weighted by atomic mass is 10.1.